The predicted octanol–water partition coefficient (Wildman–Crippen LogP) is 0.951. The summed E-state index contributed by atoms with van der Waals surface area (Å²) < 4.78 is 25.7. The Morgan fingerprint density at radius 3 is 2.42 bits per heavy atom. The minimum absolute atomic E-state index is 0.110. The smallest absolute Gasteiger partial charge is 0.219 e. The van der Waals surface area contributed by atoms with Crippen LogP contribution in [-0.4, -0.2) is 38.2 Å². The lowest BCUT2D eigenvalue weighted by Gasteiger charge is -2.06. The molecule has 6 heteroatoms. The quantitative estimate of drug-likeness (QED) is 0.523. The van der Waals surface area contributed by atoms with Gasteiger partial charge in [0.1, 0.15) is 5.75 Å². The van der Waals surface area contributed by atoms with Crippen molar-refractivity contribution in [2.45, 2.75) is 19.3 Å². The molecule has 0 aliphatic heterocycles. The molecule has 0 atom stereocenters. The summed E-state index contributed by atoms with van der Waals surface area (Å²) in [4.78, 5) is 11.7. The van der Waals surface area contributed by atoms with Crippen LogP contribution in [0.1, 0.15) is 29.6 Å². The fraction of sp³-hybridized carbons (Fsp3) is 0.462. The number of carbonyl (C=O) groups excluding carboxylic acids is 1. The number of benzene rings is 1. The van der Waals surface area contributed by atoms with Crippen LogP contribution in [0.4, 0.5) is 0 Å². The van der Waals surface area contributed by atoms with Crippen LogP contribution in [0, 0.1) is 0 Å². The average molecular weight is 285 g/mol. The van der Waals surface area contributed by atoms with Crippen LogP contribution in [0.5, 0.6) is 0 Å². The van der Waals surface area contributed by atoms with Gasteiger partial charge in [0.25, 0.3) is 0 Å². The SMILES string of the molecule is O=C(CS(=O)(=O)NCCCCCO)c1ccccc1. The van der Waals surface area contributed by atoms with Gasteiger partial charge in [0.2, 0.25) is 10.0 Å². The monoisotopic (exact) mass is 285 g/mol. The third-order valence-corrected chi connectivity index (χ3v) is 3.86. The Hall–Kier alpha value is -1.24. The highest BCUT2D eigenvalue weighted by atomic mass is 32.2. The second kappa shape index (κ2) is 8.04. The van der Waals surface area contributed by atoms with Crippen LogP contribution in [0.25, 0.3) is 0 Å². The number of ketones is 1. The maximum absolute atomic E-state index is 11.7. The highest BCUT2D eigenvalue weighted by molar-refractivity contribution is 7.90. The number of unbranched alkanes of at least 4 members (excludes halogenated alkanes) is 2. The van der Waals surface area contributed by atoms with Crippen molar-refractivity contribution in [3.8, 4) is 0 Å². The molecule has 0 radical (unpaired) electrons. The molecule has 0 saturated carbocycles. The van der Waals surface area contributed by atoms with Crippen molar-refractivity contribution in [3.05, 3.63) is 35.9 Å². The number of hydrogen-bond acceptors (Lipinski definition) is 4. The molecule has 1 aromatic carbocycles. The van der Waals surface area contributed by atoms with E-state index in [-0.39, 0.29) is 6.61 Å². The van der Waals surface area contributed by atoms with Crippen molar-refractivity contribution in [1.82, 2.24) is 4.72 Å². The van der Waals surface area contributed by atoms with Gasteiger partial charge in [-0.25, -0.2) is 13.1 Å². The largest absolute Gasteiger partial charge is 0.396 e. The summed E-state index contributed by atoms with van der Waals surface area (Å²) in [5, 5.41) is 8.59. The van der Waals surface area contributed by atoms with Crippen molar-refractivity contribution in [2.75, 3.05) is 18.9 Å². The van der Waals surface area contributed by atoms with Gasteiger partial charge in [-0.2, -0.15) is 0 Å². The van der Waals surface area contributed by atoms with Gasteiger partial charge in [-0.05, 0) is 19.3 Å². The first-order valence-corrected chi connectivity index (χ1v) is 7.87. The number of nitrogens with one attached hydrogen (secondary N) is 1. The van der Waals surface area contributed by atoms with E-state index in [4.69, 9.17) is 5.11 Å². The first-order chi connectivity index (χ1) is 9.05. The Morgan fingerprint density at radius 1 is 1.11 bits per heavy atom. The number of carbonyl (C=O) groups is 1. The number of Topliss-reactive ketones (excluding diaryl/α,β-unsaturated/α-hetero) is 1. The summed E-state index contributed by atoms with van der Waals surface area (Å²) in [6, 6.07) is 8.35. The first kappa shape index (κ1) is 15.8. The molecular weight excluding hydrogens is 266 g/mol. The maximum Gasteiger partial charge on any atom is 0.219 e. The summed E-state index contributed by atoms with van der Waals surface area (Å²) in [5.74, 6) is -0.944. The van der Waals surface area contributed by atoms with Crippen LogP contribution in [0.3, 0.4) is 0 Å². The van der Waals surface area contributed by atoms with E-state index in [0.717, 1.165) is 6.42 Å². The molecule has 0 bridgehead atoms. The Labute approximate surface area is 113 Å². The van der Waals surface area contributed by atoms with Gasteiger partial charge in [0.05, 0.1) is 0 Å². The molecule has 1 aromatic rings. The van der Waals surface area contributed by atoms with E-state index >= 15 is 0 Å². The third-order valence-electron chi connectivity index (χ3n) is 2.57. The molecular formula is C13H19NO4S. The molecule has 0 aliphatic carbocycles. The molecule has 2 N–H and O–H groups in total. The number of aliphatic hydroxyl groups is 1. The van der Waals surface area contributed by atoms with Crippen molar-refractivity contribution in [2.24, 2.45) is 0 Å². The van der Waals surface area contributed by atoms with Crippen molar-refractivity contribution >= 4 is 15.8 Å². The number of aliphatic hydroxyl groups excluding tert-OH is 1. The van der Waals surface area contributed by atoms with Crippen LogP contribution >= 0.6 is 0 Å². The van der Waals surface area contributed by atoms with Crippen molar-refractivity contribution < 1.29 is 18.3 Å². The molecule has 5 nitrogen and oxygen atoms in total. The molecule has 0 heterocycles. The normalized spacial score (nSPS) is 11.4. The Balaban J connectivity index is 2.40. The summed E-state index contributed by atoms with van der Waals surface area (Å²) >= 11 is 0. The first-order valence-electron chi connectivity index (χ1n) is 6.21. The minimum Gasteiger partial charge on any atom is -0.396 e. The second-order valence-electron chi connectivity index (χ2n) is 4.23. The molecule has 0 saturated heterocycles. The van der Waals surface area contributed by atoms with Crippen LogP contribution in [0.15, 0.2) is 30.3 Å². The van der Waals surface area contributed by atoms with E-state index in [1.807, 2.05) is 0 Å². The molecule has 0 fully saturated rings. The lowest BCUT2D eigenvalue weighted by atomic mass is 10.2. The van der Waals surface area contributed by atoms with Gasteiger partial charge >= 0.3 is 0 Å². The van der Waals surface area contributed by atoms with Gasteiger partial charge in [-0.1, -0.05) is 30.3 Å². The van der Waals surface area contributed by atoms with E-state index in [2.05, 4.69) is 4.72 Å². The third kappa shape index (κ3) is 6.47. The van der Waals surface area contributed by atoms with Gasteiger partial charge in [0, 0.05) is 18.7 Å². The van der Waals surface area contributed by atoms with Gasteiger partial charge in [0.15, 0.2) is 5.78 Å². The summed E-state index contributed by atoms with van der Waals surface area (Å²) in [6.07, 6.45) is 2.07. The van der Waals surface area contributed by atoms with E-state index < -0.39 is 21.6 Å². The summed E-state index contributed by atoms with van der Waals surface area (Å²) in [7, 11) is -3.58. The average Bonchev–Trinajstić information content (AvgIpc) is 2.39. The Bertz CT molecular complexity index is 485. The molecule has 0 unspecified atom stereocenters. The van der Waals surface area contributed by atoms with E-state index in [1.165, 1.54) is 0 Å². The number of hydrogen-bond donors (Lipinski definition) is 2. The molecule has 0 aliphatic rings. The van der Waals surface area contributed by atoms with Crippen LogP contribution in [-0.2, 0) is 10.0 Å². The standard InChI is InChI=1S/C13H19NO4S/c15-10-6-2-5-9-14-19(17,18)11-13(16)12-7-3-1-4-8-12/h1,3-4,7-8,14-15H,2,5-6,9-11H2. The fourth-order valence-electron chi connectivity index (χ4n) is 1.57. The maximum atomic E-state index is 11.7. The van der Waals surface area contributed by atoms with Gasteiger partial charge < -0.3 is 5.11 Å². The summed E-state index contributed by atoms with van der Waals surface area (Å²) in [6.45, 7) is 0.406. The Kier molecular flexibility index (Phi) is 6.69. The van der Waals surface area contributed by atoms with Gasteiger partial charge in [-0.3, -0.25) is 4.79 Å². The van der Waals surface area contributed by atoms with Crippen LogP contribution < -0.4 is 4.72 Å². The zero-order valence-corrected chi connectivity index (χ0v) is 11.5. The predicted molar refractivity (Wildman–Crippen MR) is 73.5 cm³/mol. The zero-order valence-electron chi connectivity index (χ0n) is 10.7. The second-order valence-corrected chi connectivity index (χ2v) is 6.03. The molecule has 19 heavy (non-hydrogen) atoms. The lowest BCUT2D eigenvalue weighted by molar-refractivity contribution is 0.102. The topological polar surface area (TPSA) is 83.5 Å². The number of sulfonamides is 1. The molecule has 0 amide bonds. The fourth-order valence-corrected chi connectivity index (χ4v) is 2.64. The Morgan fingerprint density at radius 2 is 1.79 bits per heavy atom. The van der Waals surface area contributed by atoms with E-state index in [0.29, 0.717) is 24.9 Å². The number of rotatable bonds is 9. The van der Waals surface area contributed by atoms with E-state index in [1.54, 1.807) is 30.3 Å². The highest BCUT2D eigenvalue weighted by Crippen LogP contribution is 2.02. The van der Waals surface area contributed by atoms with Gasteiger partial charge in [-0.15, -0.1) is 0 Å². The minimum atomic E-state index is -3.58. The van der Waals surface area contributed by atoms with E-state index in [9.17, 15) is 13.2 Å². The van der Waals surface area contributed by atoms with Crippen molar-refractivity contribution in [1.29, 1.82) is 0 Å². The molecule has 0 spiro atoms. The summed E-state index contributed by atoms with van der Waals surface area (Å²) in [5.41, 5.74) is 0.396. The van der Waals surface area contributed by atoms with Crippen molar-refractivity contribution in [3.63, 3.8) is 0 Å². The molecule has 106 valence electrons. The molecule has 1 rings (SSSR count). The zero-order chi connectivity index (χ0) is 14.1. The lowest BCUT2D eigenvalue weighted by Crippen LogP contribution is -2.30. The van der Waals surface area contributed by atoms with Crippen LogP contribution in [0.2, 0.25) is 0 Å². The highest BCUT2D eigenvalue weighted by Gasteiger charge is 2.16. The molecule has 0 aromatic heterocycles.